The van der Waals surface area contributed by atoms with E-state index in [2.05, 4.69) is 4.98 Å². The number of hydrogen-bond donors (Lipinski definition) is 2. The highest BCUT2D eigenvalue weighted by molar-refractivity contribution is 5.96. The Morgan fingerprint density at radius 3 is 2.26 bits per heavy atom. The third kappa shape index (κ3) is 4.94. The first kappa shape index (κ1) is 22.1. The van der Waals surface area contributed by atoms with E-state index in [1.807, 2.05) is 61.5 Å². The molecule has 0 aliphatic heterocycles. The van der Waals surface area contributed by atoms with Gasteiger partial charge in [-0.15, -0.1) is 0 Å². The zero-order valence-corrected chi connectivity index (χ0v) is 17.9. The molecule has 3 aromatic rings. The Labute approximate surface area is 181 Å². The summed E-state index contributed by atoms with van der Waals surface area (Å²) in [7, 11) is 0. The summed E-state index contributed by atoms with van der Waals surface area (Å²) in [5, 5.41) is 0. The van der Waals surface area contributed by atoms with Crippen LogP contribution >= 0.6 is 0 Å². The molecule has 162 valence electrons. The zero-order valence-electron chi connectivity index (χ0n) is 17.9. The van der Waals surface area contributed by atoms with Crippen LogP contribution in [0.1, 0.15) is 32.3 Å². The van der Waals surface area contributed by atoms with Crippen molar-refractivity contribution >= 4 is 17.4 Å². The Balaban J connectivity index is 1.85. The van der Waals surface area contributed by atoms with Crippen LogP contribution in [-0.2, 0) is 17.8 Å². The van der Waals surface area contributed by atoms with Gasteiger partial charge in [0.1, 0.15) is 5.82 Å². The quantitative estimate of drug-likeness (QED) is 0.584. The van der Waals surface area contributed by atoms with E-state index in [9.17, 15) is 14.4 Å². The number of carbonyl (C=O) groups is 1. The molecule has 1 heterocycles. The summed E-state index contributed by atoms with van der Waals surface area (Å²) in [6.07, 6.45) is 1.73. The molecule has 0 aliphatic carbocycles. The first-order valence-electron chi connectivity index (χ1n) is 10.5. The molecule has 7 heteroatoms. The molecule has 0 saturated carbocycles. The van der Waals surface area contributed by atoms with Gasteiger partial charge in [-0.05, 0) is 30.0 Å². The minimum Gasteiger partial charge on any atom is -0.383 e. The summed E-state index contributed by atoms with van der Waals surface area (Å²) in [4.78, 5) is 41.4. The highest BCUT2D eigenvalue weighted by Gasteiger charge is 2.23. The molecule has 0 saturated heterocycles. The van der Waals surface area contributed by atoms with Crippen molar-refractivity contribution in [3.05, 3.63) is 81.0 Å². The number of anilines is 2. The fraction of sp³-hybridized carbons (Fsp3) is 0.292. The number of nitrogens with zero attached hydrogens (tertiary/aromatic N) is 2. The van der Waals surface area contributed by atoms with E-state index in [0.717, 1.165) is 29.5 Å². The molecule has 0 unspecified atom stereocenters. The Morgan fingerprint density at radius 1 is 1.00 bits per heavy atom. The SMILES string of the molecule is CCCCn1c(N)c(N(CC)C(=O)Cc2ccc(-c3ccccc3)cc2)c(=O)[nH]c1=O. The number of aromatic amines is 1. The van der Waals surface area contributed by atoms with Crippen LogP contribution in [0.3, 0.4) is 0 Å². The van der Waals surface area contributed by atoms with Gasteiger partial charge in [0.2, 0.25) is 5.91 Å². The number of unbranched alkanes of at least 4 members (excludes halogenated alkanes) is 1. The van der Waals surface area contributed by atoms with Crippen molar-refractivity contribution in [1.82, 2.24) is 9.55 Å². The third-order valence-corrected chi connectivity index (χ3v) is 5.25. The molecule has 7 nitrogen and oxygen atoms in total. The number of aromatic nitrogens is 2. The van der Waals surface area contributed by atoms with E-state index in [4.69, 9.17) is 5.73 Å². The Kier molecular flexibility index (Phi) is 7.07. The van der Waals surface area contributed by atoms with Crippen molar-refractivity contribution in [2.75, 3.05) is 17.2 Å². The molecule has 1 amide bonds. The first-order valence-corrected chi connectivity index (χ1v) is 10.5. The van der Waals surface area contributed by atoms with Crippen LogP contribution in [0.5, 0.6) is 0 Å². The number of nitrogen functional groups attached to an aromatic ring is 1. The summed E-state index contributed by atoms with van der Waals surface area (Å²) < 4.78 is 1.32. The van der Waals surface area contributed by atoms with Gasteiger partial charge in [-0.1, -0.05) is 67.9 Å². The van der Waals surface area contributed by atoms with Crippen molar-refractivity contribution in [2.24, 2.45) is 0 Å². The molecule has 3 rings (SSSR count). The number of rotatable bonds is 8. The molecule has 0 fully saturated rings. The monoisotopic (exact) mass is 420 g/mol. The molecule has 1 aromatic heterocycles. The van der Waals surface area contributed by atoms with Gasteiger partial charge in [-0.3, -0.25) is 19.1 Å². The number of amides is 1. The van der Waals surface area contributed by atoms with E-state index in [1.165, 1.54) is 9.47 Å². The molecular formula is C24H28N4O3. The average molecular weight is 421 g/mol. The van der Waals surface area contributed by atoms with E-state index in [0.29, 0.717) is 6.54 Å². The van der Waals surface area contributed by atoms with E-state index in [1.54, 1.807) is 6.92 Å². The number of benzene rings is 2. The van der Waals surface area contributed by atoms with Gasteiger partial charge in [0.05, 0.1) is 6.42 Å². The smallest absolute Gasteiger partial charge is 0.330 e. The van der Waals surface area contributed by atoms with E-state index in [-0.39, 0.29) is 30.4 Å². The predicted molar refractivity (Wildman–Crippen MR) is 124 cm³/mol. The number of H-pyrrole nitrogens is 1. The number of likely N-dealkylation sites (N-methyl/N-ethyl adjacent to an activating group) is 1. The maximum atomic E-state index is 13.0. The highest BCUT2D eigenvalue weighted by Crippen LogP contribution is 2.21. The largest absolute Gasteiger partial charge is 0.383 e. The lowest BCUT2D eigenvalue weighted by molar-refractivity contribution is -0.117. The molecular weight excluding hydrogens is 392 g/mol. The van der Waals surface area contributed by atoms with Crippen LogP contribution in [0.15, 0.2) is 64.2 Å². The molecule has 31 heavy (non-hydrogen) atoms. The minimum absolute atomic E-state index is 0.0248. The lowest BCUT2D eigenvalue weighted by atomic mass is 10.0. The highest BCUT2D eigenvalue weighted by atomic mass is 16.2. The van der Waals surface area contributed by atoms with Crippen LogP contribution in [0, 0.1) is 0 Å². The van der Waals surface area contributed by atoms with E-state index < -0.39 is 11.2 Å². The predicted octanol–water partition coefficient (Wildman–Crippen LogP) is 3.18. The van der Waals surface area contributed by atoms with Crippen molar-refractivity contribution in [3.8, 4) is 11.1 Å². The Hall–Kier alpha value is -3.61. The molecule has 3 N–H and O–H groups in total. The van der Waals surface area contributed by atoms with Crippen molar-refractivity contribution < 1.29 is 4.79 Å². The van der Waals surface area contributed by atoms with Gasteiger partial charge < -0.3 is 10.6 Å². The van der Waals surface area contributed by atoms with Gasteiger partial charge in [-0.25, -0.2) is 4.79 Å². The second kappa shape index (κ2) is 9.93. The maximum Gasteiger partial charge on any atom is 0.330 e. The second-order valence-electron chi connectivity index (χ2n) is 7.38. The van der Waals surface area contributed by atoms with Crippen LogP contribution in [0.25, 0.3) is 11.1 Å². The molecule has 0 atom stereocenters. The molecule has 0 aliphatic rings. The molecule has 2 aromatic carbocycles. The Morgan fingerprint density at radius 2 is 1.65 bits per heavy atom. The van der Waals surface area contributed by atoms with Crippen LogP contribution in [-0.4, -0.2) is 22.0 Å². The summed E-state index contributed by atoms with van der Waals surface area (Å²) in [6, 6.07) is 17.7. The number of hydrogen-bond acceptors (Lipinski definition) is 4. The fourth-order valence-corrected chi connectivity index (χ4v) is 3.55. The molecule has 0 radical (unpaired) electrons. The van der Waals surface area contributed by atoms with Crippen molar-refractivity contribution in [3.63, 3.8) is 0 Å². The lowest BCUT2D eigenvalue weighted by Crippen LogP contribution is -2.41. The normalized spacial score (nSPS) is 10.8. The van der Waals surface area contributed by atoms with Crippen molar-refractivity contribution in [2.45, 2.75) is 39.7 Å². The summed E-state index contributed by atoms with van der Waals surface area (Å²) in [5.74, 6) is -0.232. The van der Waals surface area contributed by atoms with Gasteiger partial charge in [0.15, 0.2) is 5.69 Å². The number of nitrogens with one attached hydrogen (secondary N) is 1. The topological polar surface area (TPSA) is 101 Å². The van der Waals surface area contributed by atoms with Crippen LogP contribution in [0.4, 0.5) is 11.5 Å². The van der Waals surface area contributed by atoms with Crippen molar-refractivity contribution in [1.29, 1.82) is 0 Å². The summed E-state index contributed by atoms with van der Waals surface area (Å²) in [5.41, 5.74) is 7.99. The molecule has 0 bridgehead atoms. The van der Waals surface area contributed by atoms with Gasteiger partial charge in [-0.2, -0.15) is 0 Å². The van der Waals surface area contributed by atoms with Crippen LogP contribution < -0.4 is 21.9 Å². The number of nitrogens with two attached hydrogens (primary N) is 1. The molecule has 0 spiro atoms. The second-order valence-corrected chi connectivity index (χ2v) is 7.38. The maximum absolute atomic E-state index is 13.0. The standard InChI is InChI=1S/C24H28N4O3/c1-3-5-15-28-22(25)21(23(30)26-24(28)31)27(4-2)20(29)16-17-11-13-19(14-12-17)18-9-7-6-8-10-18/h6-14H,3-5,15-16,25H2,1-2H3,(H,26,30,31). The van der Waals surface area contributed by atoms with Crippen LogP contribution in [0.2, 0.25) is 0 Å². The third-order valence-electron chi connectivity index (χ3n) is 5.25. The zero-order chi connectivity index (χ0) is 22.4. The summed E-state index contributed by atoms with van der Waals surface area (Å²) >= 11 is 0. The first-order chi connectivity index (χ1) is 15.0. The lowest BCUT2D eigenvalue weighted by Gasteiger charge is -2.23. The average Bonchev–Trinajstić information content (AvgIpc) is 2.77. The van der Waals surface area contributed by atoms with Gasteiger partial charge in [0, 0.05) is 13.1 Å². The van der Waals surface area contributed by atoms with Gasteiger partial charge >= 0.3 is 5.69 Å². The Bertz CT molecular complexity index is 1150. The van der Waals surface area contributed by atoms with E-state index >= 15 is 0 Å². The number of carbonyl (C=O) groups excluding carboxylic acids is 1. The van der Waals surface area contributed by atoms with Gasteiger partial charge in [0.25, 0.3) is 5.56 Å². The fourth-order valence-electron chi connectivity index (χ4n) is 3.55. The minimum atomic E-state index is -0.648. The summed E-state index contributed by atoms with van der Waals surface area (Å²) in [6.45, 7) is 4.42.